The Balaban J connectivity index is 0.000000166. The van der Waals surface area contributed by atoms with E-state index in [9.17, 15) is 0 Å². The van der Waals surface area contributed by atoms with E-state index in [0.29, 0.717) is 0 Å². The fourth-order valence-corrected chi connectivity index (χ4v) is 1.54. The minimum Gasteiger partial charge on any atom is -0.399 e. The molecule has 0 atom stereocenters. The Morgan fingerprint density at radius 3 is 0.909 bits per heavy atom. The van der Waals surface area contributed by atoms with Crippen LogP contribution in [-0.4, -0.2) is 0 Å². The van der Waals surface area contributed by atoms with Crippen molar-refractivity contribution in [1.82, 2.24) is 0 Å². The summed E-state index contributed by atoms with van der Waals surface area (Å²) in [6.45, 7) is 4.19. The third-order valence-corrected chi connectivity index (χ3v) is 2.82. The molecule has 0 saturated carbocycles. The second-order valence-corrected chi connectivity index (χ2v) is 4.98. The van der Waals surface area contributed by atoms with Gasteiger partial charge in [-0.3, -0.25) is 0 Å². The molecule has 0 amide bonds. The lowest BCUT2D eigenvalue weighted by Gasteiger charge is -1.90. The van der Waals surface area contributed by atoms with Gasteiger partial charge < -0.3 is 11.5 Å². The summed E-state index contributed by atoms with van der Waals surface area (Å²) in [4.78, 5) is 0. The lowest BCUT2D eigenvalue weighted by Crippen LogP contribution is -1.79. The maximum absolute atomic E-state index is 5.36. The molecule has 0 saturated heterocycles. The van der Waals surface area contributed by atoms with E-state index >= 15 is 0 Å². The average molecular weight is 292 g/mol. The van der Waals surface area contributed by atoms with E-state index in [1.807, 2.05) is 60.7 Å². The molecule has 4 N–H and O–H groups in total. The molecule has 3 rings (SSSR count). The van der Waals surface area contributed by atoms with Crippen LogP contribution in [0.2, 0.25) is 0 Å². The van der Waals surface area contributed by atoms with Crippen LogP contribution in [0.5, 0.6) is 0 Å². The predicted molar refractivity (Wildman–Crippen MR) is 97.6 cm³/mol. The Morgan fingerprint density at radius 2 is 0.727 bits per heavy atom. The van der Waals surface area contributed by atoms with Crippen molar-refractivity contribution in [3.8, 4) is 0 Å². The van der Waals surface area contributed by atoms with E-state index < -0.39 is 0 Å². The topological polar surface area (TPSA) is 52.0 Å². The molecule has 0 aliphatic rings. The summed E-state index contributed by atoms with van der Waals surface area (Å²) < 4.78 is 0. The van der Waals surface area contributed by atoms with Crippen molar-refractivity contribution < 1.29 is 0 Å². The molecule has 0 aliphatic heterocycles. The molecule has 3 aromatic rings. The van der Waals surface area contributed by atoms with Crippen LogP contribution in [0.15, 0.2) is 84.9 Å². The number of hydrogen-bond acceptors (Lipinski definition) is 2. The van der Waals surface area contributed by atoms with Gasteiger partial charge in [0, 0.05) is 11.4 Å². The van der Waals surface area contributed by atoms with E-state index in [4.69, 9.17) is 11.5 Å². The van der Waals surface area contributed by atoms with Gasteiger partial charge in [0.05, 0.1) is 0 Å². The van der Waals surface area contributed by atoms with Gasteiger partial charge in [-0.05, 0) is 38.1 Å². The van der Waals surface area contributed by atoms with Crippen LogP contribution in [-0.2, 0) is 0 Å². The maximum atomic E-state index is 5.36. The van der Waals surface area contributed by atoms with E-state index in [-0.39, 0.29) is 0 Å². The SMILES string of the molecule is Cc1ccc(C)cc1.Nc1ccccc1.Nc1ccccc1. The molecule has 0 aromatic heterocycles. The number of rotatable bonds is 0. The number of hydrogen-bond donors (Lipinski definition) is 2. The van der Waals surface area contributed by atoms with Crippen LogP contribution in [0, 0.1) is 13.8 Å². The van der Waals surface area contributed by atoms with Crippen LogP contribution >= 0.6 is 0 Å². The predicted octanol–water partition coefficient (Wildman–Crippen LogP) is 4.84. The van der Waals surface area contributed by atoms with Crippen LogP contribution in [0.3, 0.4) is 0 Å². The quantitative estimate of drug-likeness (QED) is 0.582. The highest BCUT2D eigenvalue weighted by Crippen LogP contribution is 1.99. The first-order valence-corrected chi connectivity index (χ1v) is 7.22. The summed E-state index contributed by atoms with van der Waals surface area (Å²) in [5, 5.41) is 0. The third kappa shape index (κ3) is 8.43. The second kappa shape index (κ2) is 10.1. The van der Waals surface area contributed by atoms with Gasteiger partial charge in [0.2, 0.25) is 0 Å². The van der Waals surface area contributed by atoms with Gasteiger partial charge in [-0.25, -0.2) is 0 Å². The Bertz CT molecular complexity index is 558. The van der Waals surface area contributed by atoms with E-state index in [2.05, 4.69) is 38.1 Å². The molecule has 0 spiro atoms. The first-order valence-electron chi connectivity index (χ1n) is 7.22. The van der Waals surface area contributed by atoms with Gasteiger partial charge in [-0.1, -0.05) is 71.8 Å². The first-order chi connectivity index (χ1) is 10.6. The van der Waals surface area contributed by atoms with Crippen LogP contribution in [0.1, 0.15) is 11.1 Å². The average Bonchev–Trinajstić information content (AvgIpc) is 2.53. The van der Waals surface area contributed by atoms with Crippen molar-refractivity contribution in [2.24, 2.45) is 0 Å². The number of anilines is 2. The number of para-hydroxylation sites is 2. The molecule has 0 aliphatic carbocycles. The molecule has 0 fully saturated rings. The molecule has 0 bridgehead atoms. The molecule has 2 heteroatoms. The lowest BCUT2D eigenvalue weighted by molar-refractivity contribution is 1.40. The van der Waals surface area contributed by atoms with Crippen molar-refractivity contribution in [3.63, 3.8) is 0 Å². The Morgan fingerprint density at radius 1 is 0.455 bits per heavy atom. The summed E-state index contributed by atoms with van der Waals surface area (Å²) in [7, 11) is 0. The fourth-order valence-electron chi connectivity index (χ4n) is 1.54. The van der Waals surface area contributed by atoms with Crippen LogP contribution < -0.4 is 11.5 Å². The minimum atomic E-state index is 0.822. The van der Waals surface area contributed by atoms with Crippen LogP contribution in [0.25, 0.3) is 0 Å². The summed E-state index contributed by atoms with van der Waals surface area (Å²) >= 11 is 0. The highest BCUT2D eigenvalue weighted by atomic mass is 14.5. The van der Waals surface area contributed by atoms with E-state index in [1.54, 1.807) is 0 Å². The van der Waals surface area contributed by atoms with Gasteiger partial charge in [0.25, 0.3) is 0 Å². The normalized spacial score (nSPS) is 8.82. The molecular weight excluding hydrogens is 268 g/mol. The molecule has 0 radical (unpaired) electrons. The molecule has 3 aromatic carbocycles. The molecule has 0 unspecified atom stereocenters. The van der Waals surface area contributed by atoms with Crippen molar-refractivity contribution in [3.05, 3.63) is 96.1 Å². The lowest BCUT2D eigenvalue weighted by atomic mass is 10.2. The Labute approximate surface area is 133 Å². The van der Waals surface area contributed by atoms with Crippen molar-refractivity contribution in [1.29, 1.82) is 0 Å². The molecule has 0 heterocycles. The second-order valence-electron chi connectivity index (χ2n) is 4.98. The third-order valence-electron chi connectivity index (χ3n) is 2.82. The first kappa shape index (κ1) is 17.3. The largest absolute Gasteiger partial charge is 0.399 e. The van der Waals surface area contributed by atoms with Crippen molar-refractivity contribution in [2.45, 2.75) is 13.8 Å². The van der Waals surface area contributed by atoms with Crippen LogP contribution in [0.4, 0.5) is 11.4 Å². The highest BCUT2D eigenvalue weighted by molar-refractivity contribution is 5.36. The Kier molecular flexibility index (Phi) is 7.91. The number of nitrogens with two attached hydrogens (primary N) is 2. The summed E-state index contributed by atoms with van der Waals surface area (Å²) in [5.41, 5.74) is 15.0. The van der Waals surface area contributed by atoms with Gasteiger partial charge in [-0.2, -0.15) is 0 Å². The highest BCUT2D eigenvalue weighted by Gasteiger charge is 1.79. The minimum absolute atomic E-state index is 0.822. The zero-order valence-electron chi connectivity index (χ0n) is 13.2. The van der Waals surface area contributed by atoms with E-state index in [1.165, 1.54) is 11.1 Å². The van der Waals surface area contributed by atoms with Crippen molar-refractivity contribution >= 4 is 11.4 Å². The van der Waals surface area contributed by atoms with Crippen molar-refractivity contribution in [2.75, 3.05) is 11.5 Å². The summed E-state index contributed by atoms with van der Waals surface area (Å²) in [5.74, 6) is 0. The summed E-state index contributed by atoms with van der Waals surface area (Å²) in [6, 6.07) is 27.5. The Hall–Kier alpha value is -2.74. The van der Waals surface area contributed by atoms with Gasteiger partial charge in [0.15, 0.2) is 0 Å². The van der Waals surface area contributed by atoms with E-state index in [0.717, 1.165) is 11.4 Å². The van der Waals surface area contributed by atoms with Gasteiger partial charge in [-0.15, -0.1) is 0 Å². The molecule has 2 nitrogen and oxygen atoms in total. The molecule has 114 valence electrons. The number of aryl methyl sites for hydroxylation is 2. The zero-order chi connectivity index (χ0) is 16.2. The monoisotopic (exact) mass is 292 g/mol. The molecule has 22 heavy (non-hydrogen) atoms. The zero-order valence-corrected chi connectivity index (χ0v) is 13.2. The number of nitrogen functional groups attached to an aromatic ring is 2. The fraction of sp³-hybridized carbons (Fsp3) is 0.100. The van der Waals surface area contributed by atoms with Gasteiger partial charge >= 0.3 is 0 Å². The van der Waals surface area contributed by atoms with Gasteiger partial charge in [0.1, 0.15) is 0 Å². The standard InChI is InChI=1S/C8H10.2C6H7N/c1-7-3-5-8(2)6-4-7;2*7-6-4-2-1-3-5-6/h3-6H,1-2H3;2*1-5H,7H2. The molecular formula is C20H24N2. The summed E-state index contributed by atoms with van der Waals surface area (Å²) in [6.07, 6.45) is 0. The smallest absolute Gasteiger partial charge is 0.0313 e. The number of benzene rings is 3. The maximum Gasteiger partial charge on any atom is 0.0313 e.